The summed E-state index contributed by atoms with van der Waals surface area (Å²) < 4.78 is 8.08. The number of fused-ring (bicyclic) bond motifs is 1. The fourth-order valence-electron chi connectivity index (χ4n) is 3.31. The van der Waals surface area contributed by atoms with Gasteiger partial charge in [0, 0.05) is 19.6 Å². The zero-order valence-electron chi connectivity index (χ0n) is 16.8. The third-order valence-electron chi connectivity index (χ3n) is 4.72. The van der Waals surface area contributed by atoms with Gasteiger partial charge in [-0.15, -0.1) is 12.5 Å². The number of methoxy groups -OCH3 is 1. The highest BCUT2D eigenvalue weighted by Gasteiger charge is 2.23. The number of aromatic nitrogens is 4. The molecule has 1 saturated heterocycles. The topological polar surface area (TPSA) is 82.2 Å². The molecule has 2 aromatic rings. The molecule has 0 amide bonds. The number of carbonyl (C=O) groups is 1. The van der Waals surface area contributed by atoms with E-state index < -0.39 is 0 Å². The molecule has 3 rings (SSSR count). The van der Waals surface area contributed by atoms with Crippen LogP contribution in [-0.2, 0) is 22.6 Å². The standard InChI is InChI=1S/C20H25N5O3S/c1-4-6-13-24-16-17(21-19(24)23-11-8-7-9-12-23)22-20(29-14-15(26)28-3)25(10-5-2)18(16)27/h5H,2,7-14H2,1,3H3. The van der Waals surface area contributed by atoms with E-state index in [1.54, 1.807) is 13.0 Å². The normalized spacial score (nSPS) is 13.8. The van der Waals surface area contributed by atoms with E-state index in [2.05, 4.69) is 28.3 Å². The Hall–Kier alpha value is -2.73. The lowest BCUT2D eigenvalue weighted by atomic mass is 10.1. The minimum atomic E-state index is -0.382. The first-order valence-electron chi connectivity index (χ1n) is 9.56. The maximum absolute atomic E-state index is 13.4. The lowest BCUT2D eigenvalue weighted by molar-refractivity contribution is -0.137. The van der Waals surface area contributed by atoms with Gasteiger partial charge in [-0.1, -0.05) is 23.8 Å². The first-order valence-corrected chi connectivity index (χ1v) is 10.5. The molecule has 0 aromatic carbocycles. The van der Waals surface area contributed by atoms with Crippen LogP contribution in [0.3, 0.4) is 0 Å². The smallest absolute Gasteiger partial charge is 0.316 e. The van der Waals surface area contributed by atoms with Crippen LogP contribution in [0.4, 0.5) is 5.95 Å². The number of thioether (sulfide) groups is 1. The zero-order chi connectivity index (χ0) is 20.8. The number of ether oxygens (including phenoxy) is 1. The molecule has 29 heavy (non-hydrogen) atoms. The highest BCUT2D eigenvalue weighted by atomic mass is 32.2. The van der Waals surface area contributed by atoms with Crippen LogP contribution in [-0.4, -0.2) is 51.0 Å². The molecule has 1 fully saturated rings. The molecular formula is C20H25N5O3S. The number of anilines is 1. The molecule has 0 atom stereocenters. The van der Waals surface area contributed by atoms with Crippen LogP contribution < -0.4 is 10.5 Å². The first-order chi connectivity index (χ1) is 14.1. The molecule has 154 valence electrons. The van der Waals surface area contributed by atoms with Crippen molar-refractivity contribution in [2.24, 2.45) is 0 Å². The summed E-state index contributed by atoms with van der Waals surface area (Å²) >= 11 is 1.16. The van der Waals surface area contributed by atoms with Gasteiger partial charge in [-0.2, -0.15) is 4.98 Å². The van der Waals surface area contributed by atoms with E-state index in [0.717, 1.165) is 43.6 Å². The summed E-state index contributed by atoms with van der Waals surface area (Å²) in [5.74, 6) is 6.35. The van der Waals surface area contributed by atoms with Gasteiger partial charge < -0.3 is 9.64 Å². The van der Waals surface area contributed by atoms with Gasteiger partial charge in [0.25, 0.3) is 5.56 Å². The van der Waals surface area contributed by atoms with Crippen LogP contribution in [0.25, 0.3) is 11.2 Å². The van der Waals surface area contributed by atoms with Crippen LogP contribution >= 0.6 is 11.8 Å². The molecule has 9 heteroatoms. The number of hydrogen-bond donors (Lipinski definition) is 0. The lowest BCUT2D eigenvalue weighted by Gasteiger charge is -2.27. The van der Waals surface area contributed by atoms with Crippen molar-refractivity contribution in [1.82, 2.24) is 19.1 Å². The van der Waals surface area contributed by atoms with Crippen LogP contribution in [0.1, 0.15) is 26.2 Å². The second kappa shape index (κ2) is 9.65. The minimum absolute atomic E-state index is 0.0621. The Bertz CT molecular complexity index is 1020. The predicted molar refractivity (Wildman–Crippen MR) is 114 cm³/mol. The van der Waals surface area contributed by atoms with Gasteiger partial charge in [-0.25, -0.2) is 4.98 Å². The molecule has 0 spiro atoms. The van der Waals surface area contributed by atoms with Crippen molar-refractivity contribution in [3.05, 3.63) is 23.0 Å². The predicted octanol–water partition coefficient (Wildman–Crippen LogP) is 2.06. The van der Waals surface area contributed by atoms with E-state index in [9.17, 15) is 9.59 Å². The average Bonchev–Trinajstić information content (AvgIpc) is 3.11. The number of piperidine rings is 1. The Kier molecular flexibility index (Phi) is 6.99. The summed E-state index contributed by atoms with van der Waals surface area (Å²) in [6.07, 6.45) is 5.02. The van der Waals surface area contributed by atoms with Crippen LogP contribution in [0.15, 0.2) is 22.6 Å². The van der Waals surface area contributed by atoms with Gasteiger partial charge in [0.05, 0.1) is 19.4 Å². The van der Waals surface area contributed by atoms with Gasteiger partial charge in [0.1, 0.15) is 0 Å². The summed E-state index contributed by atoms with van der Waals surface area (Å²) in [7, 11) is 1.33. The molecule has 0 bridgehead atoms. The fourth-order valence-corrected chi connectivity index (χ4v) is 4.14. The highest BCUT2D eigenvalue weighted by Crippen LogP contribution is 2.25. The Labute approximate surface area is 173 Å². The highest BCUT2D eigenvalue weighted by molar-refractivity contribution is 7.99. The summed E-state index contributed by atoms with van der Waals surface area (Å²) in [4.78, 5) is 36.4. The molecule has 0 radical (unpaired) electrons. The van der Waals surface area contributed by atoms with Crippen molar-refractivity contribution in [2.45, 2.75) is 44.4 Å². The Balaban J connectivity index is 2.16. The quantitative estimate of drug-likeness (QED) is 0.225. The van der Waals surface area contributed by atoms with Crippen molar-refractivity contribution >= 4 is 34.8 Å². The maximum Gasteiger partial charge on any atom is 0.316 e. The van der Waals surface area contributed by atoms with Crippen LogP contribution in [0.5, 0.6) is 0 Å². The second-order valence-electron chi connectivity index (χ2n) is 6.61. The molecule has 2 aromatic heterocycles. The van der Waals surface area contributed by atoms with Gasteiger partial charge in [-0.05, 0) is 26.2 Å². The minimum Gasteiger partial charge on any atom is -0.468 e. The second-order valence-corrected chi connectivity index (χ2v) is 7.55. The first kappa shape index (κ1) is 21.0. The molecule has 0 aliphatic carbocycles. The number of nitrogens with zero attached hydrogens (tertiary/aromatic N) is 5. The van der Waals surface area contributed by atoms with Crippen molar-refractivity contribution in [3.8, 4) is 11.8 Å². The van der Waals surface area contributed by atoms with E-state index in [4.69, 9.17) is 9.72 Å². The zero-order valence-corrected chi connectivity index (χ0v) is 17.6. The van der Waals surface area contributed by atoms with Gasteiger partial charge in [-0.3, -0.25) is 18.7 Å². The molecule has 1 aliphatic heterocycles. The number of allylic oxidation sites excluding steroid dienone is 1. The lowest BCUT2D eigenvalue weighted by Crippen LogP contribution is -2.32. The molecule has 0 N–H and O–H groups in total. The van der Waals surface area contributed by atoms with Crippen molar-refractivity contribution in [3.63, 3.8) is 0 Å². The van der Waals surface area contributed by atoms with Crippen LogP contribution in [0.2, 0.25) is 0 Å². The Morgan fingerprint density at radius 2 is 2.03 bits per heavy atom. The Morgan fingerprint density at radius 1 is 1.28 bits per heavy atom. The maximum atomic E-state index is 13.4. The van der Waals surface area contributed by atoms with Crippen LogP contribution in [0, 0.1) is 11.8 Å². The van der Waals surface area contributed by atoms with Crippen molar-refractivity contribution < 1.29 is 9.53 Å². The number of hydrogen-bond acceptors (Lipinski definition) is 7. The average molecular weight is 416 g/mol. The van der Waals surface area contributed by atoms with Gasteiger partial charge in [0.2, 0.25) is 5.95 Å². The largest absolute Gasteiger partial charge is 0.468 e. The van der Waals surface area contributed by atoms with Crippen molar-refractivity contribution in [2.75, 3.05) is 30.9 Å². The van der Waals surface area contributed by atoms with E-state index in [-0.39, 0.29) is 23.8 Å². The fraction of sp³-hybridized carbons (Fsp3) is 0.500. The summed E-state index contributed by atoms with van der Waals surface area (Å²) in [6, 6.07) is 0. The van der Waals surface area contributed by atoms with Gasteiger partial charge in [0.15, 0.2) is 16.3 Å². The van der Waals surface area contributed by atoms with E-state index in [1.807, 2.05) is 4.57 Å². The summed E-state index contributed by atoms with van der Waals surface area (Å²) in [6.45, 7) is 7.97. The van der Waals surface area contributed by atoms with E-state index in [0.29, 0.717) is 22.9 Å². The molecule has 0 unspecified atom stereocenters. The monoisotopic (exact) mass is 415 g/mol. The molecular weight excluding hydrogens is 390 g/mol. The molecule has 3 heterocycles. The van der Waals surface area contributed by atoms with Gasteiger partial charge >= 0.3 is 5.97 Å². The molecule has 8 nitrogen and oxygen atoms in total. The number of carbonyl (C=O) groups excluding carboxylic acids is 1. The number of rotatable bonds is 7. The Morgan fingerprint density at radius 3 is 2.69 bits per heavy atom. The summed E-state index contributed by atoms with van der Waals surface area (Å²) in [5, 5.41) is 0.421. The van der Waals surface area contributed by atoms with Crippen molar-refractivity contribution in [1.29, 1.82) is 0 Å². The molecule has 1 aliphatic rings. The summed E-state index contributed by atoms with van der Waals surface area (Å²) in [5.41, 5.74) is 0.592. The molecule has 0 saturated carbocycles. The van der Waals surface area contributed by atoms with E-state index in [1.165, 1.54) is 18.1 Å². The third-order valence-corrected chi connectivity index (χ3v) is 5.67. The number of esters is 1. The van der Waals surface area contributed by atoms with E-state index >= 15 is 0 Å². The number of imidazole rings is 1. The SMILES string of the molecule is C=CCn1c(SCC(=O)OC)nc2nc(N3CCCCC3)n(CC#CC)c2c1=O. The third kappa shape index (κ3) is 4.48.